The maximum atomic E-state index is 5.54. The number of ether oxygens (including phenoxy) is 2. The van der Waals surface area contributed by atoms with Crippen molar-refractivity contribution in [2.45, 2.75) is 19.6 Å². The Morgan fingerprint density at radius 1 is 1.56 bits per heavy atom. The van der Waals surface area contributed by atoms with Crippen molar-refractivity contribution in [2.75, 3.05) is 26.4 Å². The van der Waals surface area contributed by atoms with Crippen LogP contribution in [-0.2, 0) is 23.1 Å². The van der Waals surface area contributed by atoms with Crippen LogP contribution in [-0.4, -0.2) is 42.2 Å². The summed E-state index contributed by atoms with van der Waals surface area (Å²) in [7, 11) is 1.94. The molecule has 16 heavy (non-hydrogen) atoms. The van der Waals surface area contributed by atoms with Gasteiger partial charge in [0.05, 0.1) is 31.6 Å². The molecule has 1 fully saturated rings. The average molecular weight is 225 g/mol. The summed E-state index contributed by atoms with van der Waals surface area (Å²) in [6.45, 7) is 5.81. The lowest BCUT2D eigenvalue weighted by molar-refractivity contribution is -0.0864. The van der Waals surface area contributed by atoms with Crippen LogP contribution in [0.2, 0.25) is 0 Å². The maximum absolute atomic E-state index is 5.54. The molecule has 0 bridgehead atoms. The van der Waals surface area contributed by atoms with E-state index in [-0.39, 0.29) is 6.10 Å². The first-order valence-corrected chi connectivity index (χ1v) is 5.65. The topological polar surface area (TPSA) is 48.3 Å². The predicted octanol–water partition coefficient (Wildman–Crippen LogP) is 0.234. The Morgan fingerprint density at radius 2 is 2.44 bits per heavy atom. The summed E-state index contributed by atoms with van der Waals surface area (Å²) in [6, 6.07) is 0. The fourth-order valence-electron chi connectivity index (χ4n) is 1.84. The average Bonchev–Trinajstić information content (AvgIpc) is 2.59. The van der Waals surface area contributed by atoms with Crippen LogP contribution in [0.5, 0.6) is 0 Å². The van der Waals surface area contributed by atoms with Crippen molar-refractivity contribution in [3.63, 3.8) is 0 Å². The Hall–Kier alpha value is -0.910. The highest BCUT2D eigenvalue weighted by Crippen LogP contribution is 2.04. The third-order valence-corrected chi connectivity index (χ3v) is 2.69. The molecule has 5 nitrogen and oxygen atoms in total. The van der Waals surface area contributed by atoms with E-state index in [1.807, 2.05) is 24.9 Å². The lowest BCUT2D eigenvalue weighted by atomic mass is 10.2. The molecule has 2 rings (SSSR count). The molecule has 1 aromatic rings. The number of rotatable bonds is 4. The van der Waals surface area contributed by atoms with Crippen molar-refractivity contribution in [2.24, 2.45) is 7.05 Å². The Balaban J connectivity index is 1.73. The summed E-state index contributed by atoms with van der Waals surface area (Å²) < 4.78 is 12.7. The summed E-state index contributed by atoms with van der Waals surface area (Å²) in [4.78, 5) is 0. The van der Waals surface area contributed by atoms with Gasteiger partial charge >= 0.3 is 0 Å². The van der Waals surface area contributed by atoms with Gasteiger partial charge in [0.25, 0.3) is 0 Å². The van der Waals surface area contributed by atoms with Gasteiger partial charge < -0.3 is 14.8 Å². The van der Waals surface area contributed by atoms with E-state index >= 15 is 0 Å². The molecular weight excluding hydrogens is 206 g/mol. The van der Waals surface area contributed by atoms with E-state index < -0.39 is 0 Å². The van der Waals surface area contributed by atoms with Crippen molar-refractivity contribution in [3.05, 3.63) is 17.5 Å². The van der Waals surface area contributed by atoms with E-state index in [0.29, 0.717) is 13.2 Å². The lowest BCUT2D eigenvalue weighted by Crippen LogP contribution is -2.37. The van der Waals surface area contributed by atoms with Gasteiger partial charge in [-0.15, -0.1) is 0 Å². The number of aromatic nitrogens is 2. The largest absolute Gasteiger partial charge is 0.376 e. The quantitative estimate of drug-likeness (QED) is 0.797. The number of hydrogen-bond donors (Lipinski definition) is 1. The Bertz CT molecular complexity index is 332. The number of aryl methyl sites for hydroxylation is 2. The normalized spacial score (nSPS) is 21.2. The third kappa shape index (κ3) is 3.04. The second-order valence-corrected chi connectivity index (χ2v) is 4.11. The van der Waals surface area contributed by atoms with Gasteiger partial charge in [0.2, 0.25) is 0 Å². The van der Waals surface area contributed by atoms with Crippen molar-refractivity contribution < 1.29 is 9.47 Å². The van der Waals surface area contributed by atoms with E-state index in [1.165, 1.54) is 5.56 Å². The molecule has 1 N–H and O–H groups in total. The lowest BCUT2D eigenvalue weighted by Gasteiger charge is -2.23. The van der Waals surface area contributed by atoms with Crippen molar-refractivity contribution in [3.8, 4) is 0 Å². The van der Waals surface area contributed by atoms with Crippen LogP contribution in [0.25, 0.3) is 0 Å². The standard InChI is InChI=1S/C11H19N3O2/c1-9-10(7-14(2)13-9)5-12-6-11-8-15-3-4-16-11/h7,11-12H,3-6,8H2,1-2H3. The minimum Gasteiger partial charge on any atom is -0.376 e. The first-order valence-electron chi connectivity index (χ1n) is 5.65. The molecule has 1 atom stereocenters. The smallest absolute Gasteiger partial charge is 0.0933 e. The van der Waals surface area contributed by atoms with Crippen LogP contribution in [0.4, 0.5) is 0 Å². The highest BCUT2D eigenvalue weighted by molar-refractivity contribution is 5.14. The molecule has 5 heteroatoms. The van der Waals surface area contributed by atoms with Gasteiger partial charge in [0.1, 0.15) is 0 Å². The minimum atomic E-state index is 0.186. The molecule has 0 spiro atoms. The van der Waals surface area contributed by atoms with E-state index in [0.717, 1.165) is 25.4 Å². The molecule has 1 aromatic heterocycles. The molecule has 1 aliphatic rings. The molecule has 0 aliphatic carbocycles. The molecule has 90 valence electrons. The maximum Gasteiger partial charge on any atom is 0.0933 e. The SMILES string of the molecule is Cc1nn(C)cc1CNCC1COCCO1. The van der Waals surface area contributed by atoms with Gasteiger partial charge in [0, 0.05) is 31.9 Å². The van der Waals surface area contributed by atoms with Crippen molar-refractivity contribution >= 4 is 0 Å². The second-order valence-electron chi connectivity index (χ2n) is 4.11. The van der Waals surface area contributed by atoms with Gasteiger partial charge in [-0.3, -0.25) is 4.68 Å². The molecule has 0 amide bonds. The van der Waals surface area contributed by atoms with Gasteiger partial charge in [-0.1, -0.05) is 0 Å². The van der Waals surface area contributed by atoms with Crippen LogP contribution in [0.1, 0.15) is 11.3 Å². The van der Waals surface area contributed by atoms with Crippen LogP contribution >= 0.6 is 0 Å². The summed E-state index contributed by atoms with van der Waals surface area (Å²) in [5.74, 6) is 0. The Kier molecular flexibility index (Phi) is 3.93. The summed E-state index contributed by atoms with van der Waals surface area (Å²) in [5, 5.41) is 7.66. The van der Waals surface area contributed by atoms with Gasteiger partial charge in [0.15, 0.2) is 0 Å². The van der Waals surface area contributed by atoms with Gasteiger partial charge in [-0.05, 0) is 6.92 Å². The molecule has 0 radical (unpaired) electrons. The van der Waals surface area contributed by atoms with E-state index in [4.69, 9.17) is 9.47 Å². The van der Waals surface area contributed by atoms with Crippen LogP contribution in [0.3, 0.4) is 0 Å². The van der Waals surface area contributed by atoms with E-state index in [9.17, 15) is 0 Å². The molecular formula is C11H19N3O2. The van der Waals surface area contributed by atoms with E-state index in [1.54, 1.807) is 0 Å². The third-order valence-electron chi connectivity index (χ3n) is 2.69. The van der Waals surface area contributed by atoms with Crippen LogP contribution in [0, 0.1) is 6.92 Å². The molecule has 1 aliphatic heterocycles. The fourth-order valence-corrected chi connectivity index (χ4v) is 1.84. The number of nitrogens with zero attached hydrogens (tertiary/aromatic N) is 2. The Labute approximate surface area is 95.7 Å². The molecule has 0 saturated carbocycles. The highest BCUT2D eigenvalue weighted by atomic mass is 16.6. The minimum absolute atomic E-state index is 0.186. The zero-order valence-corrected chi connectivity index (χ0v) is 9.90. The van der Waals surface area contributed by atoms with Gasteiger partial charge in [-0.25, -0.2) is 0 Å². The predicted molar refractivity (Wildman–Crippen MR) is 60.2 cm³/mol. The number of hydrogen-bond acceptors (Lipinski definition) is 4. The first-order chi connectivity index (χ1) is 7.75. The molecule has 1 unspecified atom stereocenters. The second kappa shape index (κ2) is 5.43. The summed E-state index contributed by atoms with van der Waals surface area (Å²) in [6.07, 6.45) is 2.23. The van der Waals surface area contributed by atoms with Crippen molar-refractivity contribution in [1.29, 1.82) is 0 Å². The molecule has 2 heterocycles. The molecule has 0 aromatic carbocycles. The molecule has 1 saturated heterocycles. The van der Waals surface area contributed by atoms with Crippen LogP contribution < -0.4 is 5.32 Å². The monoisotopic (exact) mass is 225 g/mol. The van der Waals surface area contributed by atoms with Crippen LogP contribution in [0.15, 0.2) is 6.20 Å². The zero-order chi connectivity index (χ0) is 11.4. The van der Waals surface area contributed by atoms with Crippen molar-refractivity contribution in [1.82, 2.24) is 15.1 Å². The van der Waals surface area contributed by atoms with Gasteiger partial charge in [-0.2, -0.15) is 5.10 Å². The number of nitrogens with one attached hydrogen (secondary N) is 1. The summed E-state index contributed by atoms with van der Waals surface area (Å²) >= 11 is 0. The first kappa shape index (κ1) is 11.6. The zero-order valence-electron chi connectivity index (χ0n) is 9.90. The van der Waals surface area contributed by atoms with E-state index in [2.05, 4.69) is 10.4 Å². The highest BCUT2D eigenvalue weighted by Gasteiger charge is 2.13. The fraction of sp³-hybridized carbons (Fsp3) is 0.727. The Morgan fingerprint density at radius 3 is 3.06 bits per heavy atom. The summed E-state index contributed by atoms with van der Waals surface area (Å²) in [5.41, 5.74) is 2.31.